The summed E-state index contributed by atoms with van der Waals surface area (Å²) in [4.78, 5) is 40.1. The highest BCUT2D eigenvalue weighted by molar-refractivity contribution is 6.30. The molecule has 0 radical (unpaired) electrons. The van der Waals surface area contributed by atoms with E-state index in [1.54, 1.807) is 26.8 Å². The third-order valence-electron chi connectivity index (χ3n) is 4.96. The van der Waals surface area contributed by atoms with E-state index in [2.05, 4.69) is 5.32 Å². The maximum atomic E-state index is 13.5. The third kappa shape index (κ3) is 4.72. The minimum absolute atomic E-state index is 0.0392. The van der Waals surface area contributed by atoms with E-state index in [1.807, 2.05) is 0 Å². The summed E-state index contributed by atoms with van der Waals surface area (Å²) in [6.45, 7) is 5.64. The van der Waals surface area contributed by atoms with Crippen LogP contribution in [-0.2, 0) is 24.8 Å². The summed E-state index contributed by atoms with van der Waals surface area (Å²) in [5, 5.41) is 2.56. The van der Waals surface area contributed by atoms with Crippen LogP contribution in [0.4, 0.5) is 15.0 Å². The van der Waals surface area contributed by atoms with E-state index in [4.69, 9.17) is 21.1 Å². The molecule has 8 nitrogen and oxygen atoms in total. The average Bonchev–Trinajstić information content (AvgIpc) is 2.69. The predicted molar refractivity (Wildman–Crippen MR) is 118 cm³/mol. The largest absolute Gasteiger partial charge is 0.490 e. The summed E-state index contributed by atoms with van der Waals surface area (Å²) in [7, 11) is 2.79. The zero-order valence-electron chi connectivity index (χ0n) is 18.5. The van der Waals surface area contributed by atoms with Crippen molar-refractivity contribution < 1.29 is 23.5 Å². The Labute approximate surface area is 189 Å². The molecule has 1 aliphatic rings. The maximum Gasteiger partial charge on any atom is 0.413 e. The molecular formula is C22H25ClFN3O5. The Balaban J connectivity index is 2.00. The van der Waals surface area contributed by atoms with Crippen LogP contribution in [0, 0.1) is 5.82 Å². The lowest BCUT2D eigenvalue weighted by atomic mass is 9.98. The standard InChI is InChI=1S/C22H25ClFN3O5/c1-22(2,3)32-21(30)25-18-13-8-9-27(11-12-6-7-15(24)14(23)10-12)19(28)16(13)17(31-5)20(29)26(18)4/h6-7,10H,8-9,11H2,1-5H3,(H,25,30). The Kier molecular flexibility index (Phi) is 6.50. The van der Waals surface area contributed by atoms with Crippen LogP contribution in [0.2, 0.25) is 5.02 Å². The van der Waals surface area contributed by atoms with Gasteiger partial charge >= 0.3 is 6.09 Å². The lowest BCUT2D eigenvalue weighted by Crippen LogP contribution is -2.41. The van der Waals surface area contributed by atoms with Gasteiger partial charge in [0, 0.05) is 25.7 Å². The molecule has 1 aliphatic heterocycles. The second-order valence-corrected chi connectivity index (χ2v) is 8.86. The normalized spacial score (nSPS) is 13.6. The molecule has 0 bridgehead atoms. The number of halogens is 2. The van der Waals surface area contributed by atoms with E-state index in [0.717, 1.165) is 0 Å². The first-order chi connectivity index (χ1) is 14.9. The molecule has 0 aliphatic carbocycles. The number of rotatable bonds is 4. The first kappa shape index (κ1) is 23.6. The van der Waals surface area contributed by atoms with Crippen molar-refractivity contribution >= 4 is 29.4 Å². The first-order valence-corrected chi connectivity index (χ1v) is 10.3. The summed E-state index contributed by atoms with van der Waals surface area (Å²) in [5.41, 5.74) is -0.104. The number of carbonyl (C=O) groups is 2. The highest BCUT2D eigenvalue weighted by Gasteiger charge is 2.34. The van der Waals surface area contributed by atoms with Gasteiger partial charge in [-0.3, -0.25) is 19.5 Å². The number of benzene rings is 1. The van der Waals surface area contributed by atoms with Crippen molar-refractivity contribution in [2.24, 2.45) is 7.05 Å². The van der Waals surface area contributed by atoms with Crippen molar-refractivity contribution in [1.29, 1.82) is 0 Å². The van der Waals surface area contributed by atoms with E-state index in [1.165, 1.54) is 35.8 Å². The van der Waals surface area contributed by atoms with Gasteiger partial charge in [0.25, 0.3) is 11.5 Å². The predicted octanol–water partition coefficient (Wildman–Crippen LogP) is 3.73. The fourth-order valence-corrected chi connectivity index (χ4v) is 3.76. The van der Waals surface area contributed by atoms with Crippen molar-refractivity contribution in [2.45, 2.75) is 39.3 Å². The Morgan fingerprint density at radius 1 is 1.28 bits per heavy atom. The average molecular weight is 466 g/mol. The number of fused-ring (bicyclic) bond motifs is 1. The Hall–Kier alpha value is -3.07. The second kappa shape index (κ2) is 8.82. The Bertz CT molecular complexity index is 1140. The summed E-state index contributed by atoms with van der Waals surface area (Å²) >= 11 is 5.86. The molecule has 2 heterocycles. The number of pyridine rings is 1. The zero-order valence-corrected chi connectivity index (χ0v) is 19.3. The number of hydrogen-bond acceptors (Lipinski definition) is 5. The zero-order chi connectivity index (χ0) is 23.8. The number of ether oxygens (including phenoxy) is 2. The SMILES string of the molecule is COc1c2c(c(NC(=O)OC(C)(C)C)n(C)c1=O)CCN(Cc1ccc(F)c(Cl)c1)C2=O. The number of amides is 2. The number of anilines is 1. The molecule has 32 heavy (non-hydrogen) atoms. The number of hydrogen-bond donors (Lipinski definition) is 1. The second-order valence-electron chi connectivity index (χ2n) is 8.45. The monoisotopic (exact) mass is 465 g/mol. The van der Waals surface area contributed by atoms with E-state index < -0.39 is 29.0 Å². The van der Waals surface area contributed by atoms with Gasteiger partial charge in [-0.1, -0.05) is 17.7 Å². The van der Waals surface area contributed by atoms with Gasteiger partial charge < -0.3 is 14.4 Å². The van der Waals surface area contributed by atoms with Crippen molar-refractivity contribution in [3.8, 4) is 5.75 Å². The lowest BCUT2D eigenvalue weighted by Gasteiger charge is -2.31. The van der Waals surface area contributed by atoms with Gasteiger partial charge in [-0.25, -0.2) is 9.18 Å². The number of carbonyl (C=O) groups excluding carboxylic acids is 2. The van der Waals surface area contributed by atoms with Gasteiger partial charge in [-0.05, 0) is 44.9 Å². The Morgan fingerprint density at radius 2 is 1.97 bits per heavy atom. The summed E-state index contributed by atoms with van der Waals surface area (Å²) in [5.74, 6) is -0.913. The molecule has 0 saturated heterocycles. The van der Waals surface area contributed by atoms with Gasteiger partial charge in [0.05, 0.1) is 17.7 Å². The highest BCUT2D eigenvalue weighted by Crippen LogP contribution is 2.32. The molecule has 0 unspecified atom stereocenters. The molecular weight excluding hydrogens is 441 g/mol. The van der Waals surface area contributed by atoms with Crippen molar-refractivity contribution in [3.05, 3.63) is 56.1 Å². The van der Waals surface area contributed by atoms with E-state index in [9.17, 15) is 18.8 Å². The van der Waals surface area contributed by atoms with Crippen LogP contribution in [0.5, 0.6) is 5.75 Å². The Morgan fingerprint density at radius 3 is 2.56 bits per heavy atom. The number of methoxy groups -OCH3 is 1. The molecule has 0 atom stereocenters. The minimum Gasteiger partial charge on any atom is -0.490 e. The van der Waals surface area contributed by atoms with Crippen LogP contribution in [0.25, 0.3) is 0 Å². The van der Waals surface area contributed by atoms with Crippen LogP contribution in [-0.4, -0.2) is 40.7 Å². The highest BCUT2D eigenvalue weighted by atomic mass is 35.5. The molecule has 3 rings (SSSR count). The fraction of sp³-hybridized carbons (Fsp3) is 0.409. The van der Waals surface area contributed by atoms with Gasteiger partial charge in [0.1, 0.15) is 17.2 Å². The number of nitrogens with zero attached hydrogens (tertiary/aromatic N) is 2. The molecule has 172 valence electrons. The van der Waals surface area contributed by atoms with E-state index in [0.29, 0.717) is 24.1 Å². The van der Waals surface area contributed by atoms with Gasteiger partial charge in [-0.15, -0.1) is 0 Å². The van der Waals surface area contributed by atoms with Crippen LogP contribution in [0.1, 0.15) is 42.3 Å². The summed E-state index contributed by atoms with van der Waals surface area (Å²) < 4.78 is 25.3. The van der Waals surface area contributed by atoms with Crippen LogP contribution < -0.4 is 15.6 Å². The molecule has 0 spiro atoms. The summed E-state index contributed by atoms with van der Waals surface area (Å²) in [6, 6.07) is 4.23. The topological polar surface area (TPSA) is 89.9 Å². The smallest absolute Gasteiger partial charge is 0.413 e. The fourth-order valence-electron chi connectivity index (χ4n) is 3.55. The van der Waals surface area contributed by atoms with Crippen LogP contribution in [0.15, 0.2) is 23.0 Å². The molecule has 0 fully saturated rings. The molecule has 2 aromatic rings. The number of nitrogens with one attached hydrogen (secondary N) is 1. The van der Waals surface area contributed by atoms with Gasteiger partial charge in [-0.2, -0.15) is 0 Å². The quantitative estimate of drug-likeness (QED) is 0.743. The maximum absolute atomic E-state index is 13.5. The van der Waals surface area contributed by atoms with E-state index in [-0.39, 0.29) is 28.7 Å². The van der Waals surface area contributed by atoms with Gasteiger partial charge in [0.2, 0.25) is 0 Å². The van der Waals surface area contributed by atoms with Crippen molar-refractivity contribution in [3.63, 3.8) is 0 Å². The number of aromatic nitrogens is 1. The van der Waals surface area contributed by atoms with Crippen molar-refractivity contribution in [1.82, 2.24) is 9.47 Å². The lowest BCUT2D eigenvalue weighted by molar-refractivity contribution is 0.0631. The van der Waals surface area contributed by atoms with Crippen LogP contribution in [0.3, 0.4) is 0 Å². The molecule has 1 aromatic heterocycles. The molecule has 1 aromatic carbocycles. The molecule has 1 N–H and O–H groups in total. The molecule has 10 heteroatoms. The molecule has 0 saturated carbocycles. The first-order valence-electron chi connectivity index (χ1n) is 9.96. The summed E-state index contributed by atoms with van der Waals surface area (Å²) in [6.07, 6.45) is -0.387. The van der Waals surface area contributed by atoms with Crippen LogP contribution >= 0.6 is 11.6 Å². The van der Waals surface area contributed by atoms with E-state index >= 15 is 0 Å². The van der Waals surface area contributed by atoms with Gasteiger partial charge in [0.15, 0.2) is 5.75 Å². The third-order valence-corrected chi connectivity index (χ3v) is 5.25. The minimum atomic E-state index is -0.740. The molecule has 2 amide bonds. The van der Waals surface area contributed by atoms with Crippen molar-refractivity contribution in [2.75, 3.05) is 19.0 Å².